The zero-order valence-electron chi connectivity index (χ0n) is 15.5. The van der Waals surface area contributed by atoms with Crippen molar-refractivity contribution in [1.82, 2.24) is 0 Å². The van der Waals surface area contributed by atoms with Gasteiger partial charge in [-0.3, -0.25) is 4.79 Å². The van der Waals surface area contributed by atoms with Crippen molar-refractivity contribution in [2.45, 2.75) is 58.7 Å². The zero-order chi connectivity index (χ0) is 18.7. The number of carbonyl (C=O) groups excluding carboxylic acids is 2. The van der Waals surface area contributed by atoms with Crippen LogP contribution in [-0.2, 0) is 19.1 Å². The second-order valence-electron chi connectivity index (χ2n) is 5.90. The predicted octanol–water partition coefficient (Wildman–Crippen LogP) is 4.15. The van der Waals surface area contributed by atoms with E-state index in [1.807, 2.05) is 24.3 Å². The molecule has 0 aliphatic carbocycles. The van der Waals surface area contributed by atoms with Crippen LogP contribution in [0.25, 0.3) is 6.08 Å². The lowest BCUT2D eigenvalue weighted by molar-refractivity contribution is -0.162. The van der Waals surface area contributed by atoms with Gasteiger partial charge in [0.15, 0.2) is 0 Å². The van der Waals surface area contributed by atoms with Gasteiger partial charge in [-0.1, -0.05) is 31.9 Å². The van der Waals surface area contributed by atoms with Crippen LogP contribution < -0.4 is 4.74 Å². The molecule has 0 aliphatic rings. The van der Waals surface area contributed by atoms with E-state index >= 15 is 0 Å². The van der Waals surface area contributed by atoms with E-state index < -0.39 is 18.2 Å². The van der Waals surface area contributed by atoms with Crippen LogP contribution in [0.1, 0.15) is 52.0 Å². The van der Waals surface area contributed by atoms with Gasteiger partial charge in [0.1, 0.15) is 18.0 Å². The van der Waals surface area contributed by atoms with Gasteiger partial charge in [-0.2, -0.15) is 0 Å². The van der Waals surface area contributed by atoms with Crippen LogP contribution >= 0.6 is 0 Å². The molecular formula is C20H28O5. The van der Waals surface area contributed by atoms with E-state index in [4.69, 9.17) is 14.2 Å². The molecule has 0 N–H and O–H groups in total. The molecule has 0 bridgehead atoms. The van der Waals surface area contributed by atoms with E-state index in [1.54, 1.807) is 27.0 Å². The monoisotopic (exact) mass is 348 g/mol. The summed E-state index contributed by atoms with van der Waals surface area (Å²) in [4.78, 5) is 23.6. The Balaban J connectivity index is 2.41. The van der Waals surface area contributed by atoms with Gasteiger partial charge < -0.3 is 14.2 Å². The Morgan fingerprint density at radius 3 is 2.28 bits per heavy atom. The number of hydrogen-bond donors (Lipinski definition) is 0. The topological polar surface area (TPSA) is 61.8 Å². The van der Waals surface area contributed by atoms with E-state index in [0.29, 0.717) is 6.42 Å². The lowest BCUT2D eigenvalue weighted by Crippen LogP contribution is -2.30. The molecule has 25 heavy (non-hydrogen) atoms. The van der Waals surface area contributed by atoms with Crippen LogP contribution in [0.2, 0.25) is 0 Å². The minimum atomic E-state index is -0.511. The number of benzene rings is 1. The molecule has 0 aromatic heterocycles. The molecule has 5 heteroatoms. The minimum Gasteiger partial charge on any atom is -0.497 e. The first kappa shape index (κ1) is 20.7. The molecule has 0 fully saturated rings. The Bertz CT molecular complexity index is 562. The molecule has 1 aromatic rings. The van der Waals surface area contributed by atoms with Gasteiger partial charge in [0.2, 0.25) is 0 Å². The van der Waals surface area contributed by atoms with Gasteiger partial charge in [-0.15, -0.1) is 0 Å². The van der Waals surface area contributed by atoms with E-state index in [2.05, 4.69) is 6.92 Å². The first-order chi connectivity index (χ1) is 12.0. The van der Waals surface area contributed by atoms with Crippen molar-refractivity contribution in [3.05, 3.63) is 35.9 Å². The third-order valence-electron chi connectivity index (χ3n) is 3.79. The lowest BCUT2D eigenvalue weighted by Gasteiger charge is -2.20. The second-order valence-corrected chi connectivity index (χ2v) is 5.90. The summed E-state index contributed by atoms with van der Waals surface area (Å²) < 4.78 is 15.7. The van der Waals surface area contributed by atoms with Gasteiger partial charge in [-0.25, -0.2) is 4.79 Å². The van der Waals surface area contributed by atoms with Crippen LogP contribution in [-0.4, -0.2) is 31.3 Å². The highest BCUT2D eigenvalue weighted by atomic mass is 16.6. The second kappa shape index (κ2) is 11.3. The van der Waals surface area contributed by atoms with Crippen LogP contribution in [0.4, 0.5) is 0 Å². The molecule has 0 amide bonds. The van der Waals surface area contributed by atoms with Crippen molar-refractivity contribution in [3.8, 4) is 5.75 Å². The summed E-state index contributed by atoms with van der Waals surface area (Å²) in [6, 6.07) is 7.31. The average molecular weight is 348 g/mol. The van der Waals surface area contributed by atoms with Crippen molar-refractivity contribution in [3.63, 3.8) is 0 Å². The van der Waals surface area contributed by atoms with Gasteiger partial charge in [0.05, 0.1) is 7.11 Å². The van der Waals surface area contributed by atoms with Crippen LogP contribution in [0.5, 0.6) is 5.75 Å². The summed E-state index contributed by atoms with van der Waals surface area (Å²) in [5, 5.41) is 0. The first-order valence-electron chi connectivity index (χ1n) is 8.68. The molecule has 138 valence electrons. The first-order valence-corrected chi connectivity index (χ1v) is 8.68. The molecule has 0 saturated heterocycles. The average Bonchev–Trinajstić information content (AvgIpc) is 2.60. The predicted molar refractivity (Wildman–Crippen MR) is 97.3 cm³/mol. The highest BCUT2D eigenvalue weighted by Crippen LogP contribution is 2.13. The molecule has 1 aromatic carbocycles. The third kappa shape index (κ3) is 8.38. The van der Waals surface area contributed by atoms with Gasteiger partial charge in [0, 0.05) is 12.5 Å². The van der Waals surface area contributed by atoms with Gasteiger partial charge in [-0.05, 0) is 44.0 Å². The third-order valence-corrected chi connectivity index (χ3v) is 3.79. The number of methoxy groups -OCH3 is 1. The Morgan fingerprint density at radius 1 is 1.04 bits per heavy atom. The number of hydrogen-bond acceptors (Lipinski definition) is 5. The molecule has 2 unspecified atom stereocenters. The molecule has 1 rings (SSSR count). The maximum Gasteiger partial charge on any atom is 0.331 e. The van der Waals surface area contributed by atoms with Crippen LogP contribution in [0.3, 0.4) is 0 Å². The zero-order valence-corrected chi connectivity index (χ0v) is 15.5. The Kier molecular flexibility index (Phi) is 9.37. The van der Waals surface area contributed by atoms with E-state index in [9.17, 15) is 9.59 Å². The van der Waals surface area contributed by atoms with Crippen molar-refractivity contribution in [2.24, 2.45) is 0 Å². The van der Waals surface area contributed by atoms with E-state index in [1.165, 1.54) is 6.08 Å². The van der Waals surface area contributed by atoms with Crippen molar-refractivity contribution in [2.75, 3.05) is 7.11 Å². The van der Waals surface area contributed by atoms with Crippen molar-refractivity contribution < 1.29 is 23.8 Å². The van der Waals surface area contributed by atoms with Crippen molar-refractivity contribution in [1.29, 1.82) is 0 Å². The number of carbonyl (C=O) groups is 2. The molecule has 0 spiro atoms. The summed E-state index contributed by atoms with van der Waals surface area (Å²) in [5.41, 5.74) is 0.862. The molecule has 0 saturated carbocycles. The summed E-state index contributed by atoms with van der Waals surface area (Å²) in [6.45, 7) is 5.51. The maximum absolute atomic E-state index is 11.9. The molecule has 0 heterocycles. The number of unbranched alkanes of at least 4 members (excludes halogenated alkanes) is 2. The normalized spacial score (nSPS) is 13.3. The Labute approximate surface area is 150 Å². The fourth-order valence-electron chi connectivity index (χ4n) is 2.08. The van der Waals surface area contributed by atoms with Gasteiger partial charge >= 0.3 is 11.9 Å². The molecule has 2 atom stereocenters. The van der Waals surface area contributed by atoms with E-state index in [0.717, 1.165) is 30.6 Å². The SMILES string of the molecule is CCCCCC(=O)OC(C)C(C)OC(=O)/C=C/c1ccc(OC)cc1. The lowest BCUT2D eigenvalue weighted by atomic mass is 10.2. The Hall–Kier alpha value is -2.30. The number of rotatable bonds is 10. The highest BCUT2D eigenvalue weighted by molar-refractivity contribution is 5.87. The fraction of sp³-hybridized carbons (Fsp3) is 0.500. The Morgan fingerprint density at radius 2 is 1.68 bits per heavy atom. The van der Waals surface area contributed by atoms with Gasteiger partial charge in [0.25, 0.3) is 0 Å². The molecule has 0 aliphatic heterocycles. The van der Waals surface area contributed by atoms with E-state index in [-0.39, 0.29) is 5.97 Å². The minimum absolute atomic E-state index is 0.252. The molecular weight excluding hydrogens is 320 g/mol. The smallest absolute Gasteiger partial charge is 0.331 e. The summed E-state index contributed by atoms with van der Waals surface area (Å²) in [5.74, 6) is 0.0257. The number of ether oxygens (including phenoxy) is 3. The standard InChI is InChI=1S/C20H28O5/c1-5-6-7-8-19(21)24-15(2)16(3)25-20(22)14-11-17-9-12-18(23-4)13-10-17/h9-16H,5-8H2,1-4H3/b14-11+. The summed E-state index contributed by atoms with van der Waals surface area (Å²) >= 11 is 0. The molecule has 5 nitrogen and oxygen atoms in total. The highest BCUT2D eigenvalue weighted by Gasteiger charge is 2.19. The van der Waals surface area contributed by atoms with Crippen LogP contribution in [0, 0.1) is 0 Å². The van der Waals surface area contributed by atoms with Crippen LogP contribution in [0.15, 0.2) is 30.3 Å². The number of esters is 2. The fourth-order valence-corrected chi connectivity index (χ4v) is 2.08. The molecule has 0 radical (unpaired) electrons. The largest absolute Gasteiger partial charge is 0.497 e. The summed E-state index contributed by atoms with van der Waals surface area (Å²) in [6.07, 6.45) is 5.30. The van der Waals surface area contributed by atoms with Crippen molar-refractivity contribution >= 4 is 18.0 Å². The quantitative estimate of drug-likeness (QED) is 0.361. The maximum atomic E-state index is 11.9. The summed E-state index contributed by atoms with van der Waals surface area (Å²) in [7, 11) is 1.60.